The SMILES string of the molecule is CCOC(=O)N1CCc2cc(OC)cc3c2C1c1cc(F)ccc1-3. The first-order chi connectivity index (χ1) is 11.6. The fourth-order valence-electron chi connectivity index (χ4n) is 3.81. The predicted molar refractivity (Wildman–Crippen MR) is 87.7 cm³/mol. The second kappa shape index (κ2) is 5.51. The molecule has 2 aliphatic rings. The standard InChI is InChI=1S/C19H18FNO3/c1-3-24-19(22)21-7-6-11-8-13(23-2)10-15-14-5-4-12(20)9-16(14)18(21)17(11)15/h4-5,8-10,18H,3,6-7H2,1-2H3. The Balaban J connectivity index is 1.93. The quantitative estimate of drug-likeness (QED) is 0.839. The Morgan fingerprint density at radius 2 is 2.12 bits per heavy atom. The Bertz CT molecular complexity index is 834. The van der Waals surface area contributed by atoms with Crippen LogP contribution in [0.5, 0.6) is 5.75 Å². The van der Waals surface area contributed by atoms with Crippen LogP contribution in [-0.2, 0) is 11.2 Å². The van der Waals surface area contributed by atoms with Gasteiger partial charge < -0.3 is 9.47 Å². The van der Waals surface area contributed by atoms with E-state index in [2.05, 4.69) is 0 Å². The molecule has 0 saturated heterocycles. The summed E-state index contributed by atoms with van der Waals surface area (Å²) < 4.78 is 24.5. The molecule has 24 heavy (non-hydrogen) atoms. The van der Waals surface area contributed by atoms with Gasteiger partial charge in [0.25, 0.3) is 0 Å². The topological polar surface area (TPSA) is 38.8 Å². The molecule has 5 heteroatoms. The molecule has 124 valence electrons. The Hall–Kier alpha value is -2.56. The first-order valence-electron chi connectivity index (χ1n) is 8.08. The van der Waals surface area contributed by atoms with Gasteiger partial charge in [0, 0.05) is 6.54 Å². The van der Waals surface area contributed by atoms with E-state index >= 15 is 0 Å². The van der Waals surface area contributed by atoms with Gasteiger partial charge in [-0.3, -0.25) is 4.90 Å². The molecule has 4 nitrogen and oxygen atoms in total. The second-order valence-electron chi connectivity index (χ2n) is 6.02. The number of rotatable bonds is 2. The highest BCUT2D eigenvalue weighted by Crippen LogP contribution is 2.51. The summed E-state index contributed by atoms with van der Waals surface area (Å²) in [7, 11) is 1.64. The van der Waals surface area contributed by atoms with Crippen molar-refractivity contribution in [1.29, 1.82) is 0 Å². The van der Waals surface area contributed by atoms with Crippen LogP contribution < -0.4 is 4.74 Å². The lowest BCUT2D eigenvalue weighted by atomic mass is 9.91. The number of amides is 1. The summed E-state index contributed by atoms with van der Waals surface area (Å²) in [4.78, 5) is 14.1. The van der Waals surface area contributed by atoms with Crippen molar-refractivity contribution in [2.24, 2.45) is 0 Å². The Labute approximate surface area is 139 Å². The number of carbonyl (C=O) groups is 1. The first kappa shape index (κ1) is 15.0. The average Bonchev–Trinajstić information content (AvgIpc) is 2.90. The molecule has 0 radical (unpaired) electrons. The van der Waals surface area contributed by atoms with Crippen molar-refractivity contribution in [3.8, 4) is 16.9 Å². The molecule has 1 heterocycles. The lowest BCUT2D eigenvalue weighted by molar-refractivity contribution is 0.0945. The highest BCUT2D eigenvalue weighted by Gasteiger charge is 2.41. The highest BCUT2D eigenvalue weighted by molar-refractivity contribution is 5.84. The summed E-state index contributed by atoms with van der Waals surface area (Å²) in [6.07, 6.45) is 0.373. The molecule has 2 aromatic rings. The maximum absolute atomic E-state index is 13.9. The van der Waals surface area contributed by atoms with Crippen molar-refractivity contribution in [1.82, 2.24) is 4.90 Å². The van der Waals surface area contributed by atoms with Crippen LogP contribution in [0.3, 0.4) is 0 Å². The number of halogens is 1. The van der Waals surface area contributed by atoms with Crippen LogP contribution in [0.15, 0.2) is 30.3 Å². The number of ether oxygens (including phenoxy) is 2. The van der Waals surface area contributed by atoms with Crippen LogP contribution in [0.1, 0.15) is 29.7 Å². The highest BCUT2D eigenvalue weighted by atomic mass is 19.1. The van der Waals surface area contributed by atoms with Crippen LogP contribution in [-0.4, -0.2) is 31.3 Å². The van der Waals surface area contributed by atoms with Gasteiger partial charge >= 0.3 is 6.09 Å². The van der Waals surface area contributed by atoms with Crippen LogP contribution in [0.4, 0.5) is 9.18 Å². The normalized spacial score (nSPS) is 17.3. The van der Waals surface area contributed by atoms with Crippen molar-refractivity contribution in [2.45, 2.75) is 19.4 Å². The van der Waals surface area contributed by atoms with Crippen molar-refractivity contribution in [2.75, 3.05) is 20.3 Å². The molecule has 1 amide bonds. The molecule has 1 aliphatic heterocycles. The van der Waals surface area contributed by atoms with Gasteiger partial charge in [-0.25, -0.2) is 9.18 Å². The molecule has 4 rings (SSSR count). The van der Waals surface area contributed by atoms with Crippen LogP contribution in [0.2, 0.25) is 0 Å². The molecule has 0 fully saturated rings. The summed E-state index contributed by atoms with van der Waals surface area (Å²) in [5.41, 5.74) is 4.99. The lowest BCUT2D eigenvalue weighted by Crippen LogP contribution is -2.40. The third kappa shape index (κ3) is 2.08. The molecule has 0 saturated carbocycles. The zero-order valence-electron chi connectivity index (χ0n) is 13.6. The summed E-state index contributed by atoms with van der Waals surface area (Å²) in [5.74, 6) is 0.480. The summed E-state index contributed by atoms with van der Waals surface area (Å²) in [5, 5.41) is 0. The predicted octanol–water partition coefficient (Wildman–Crippen LogP) is 3.92. The molecular formula is C19H18FNO3. The van der Waals surface area contributed by atoms with Crippen molar-refractivity contribution >= 4 is 6.09 Å². The maximum atomic E-state index is 13.9. The van der Waals surface area contributed by atoms with Gasteiger partial charge in [-0.15, -0.1) is 0 Å². The van der Waals surface area contributed by atoms with E-state index in [1.54, 1.807) is 25.0 Å². The van der Waals surface area contributed by atoms with E-state index in [0.29, 0.717) is 13.2 Å². The largest absolute Gasteiger partial charge is 0.497 e. The average molecular weight is 327 g/mol. The third-order valence-corrected chi connectivity index (χ3v) is 4.78. The van der Waals surface area contributed by atoms with E-state index in [-0.39, 0.29) is 18.0 Å². The van der Waals surface area contributed by atoms with E-state index in [4.69, 9.17) is 9.47 Å². The summed E-state index contributed by atoms with van der Waals surface area (Å²) in [6.45, 7) is 2.65. The Kier molecular flexibility index (Phi) is 3.44. The fraction of sp³-hybridized carbons (Fsp3) is 0.316. The number of nitrogens with zero attached hydrogens (tertiary/aromatic N) is 1. The maximum Gasteiger partial charge on any atom is 0.410 e. The Morgan fingerprint density at radius 3 is 2.88 bits per heavy atom. The molecule has 2 aromatic carbocycles. The van der Waals surface area contributed by atoms with Gasteiger partial charge in [-0.05, 0) is 65.4 Å². The van der Waals surface area contributed by atoms with E-state index < -0.39 is 0 Å². The lowest BCUT2D eigenvalue weighted by Gasteiger charge is -2.35. The van der Waals surface area contributed by atoms with Crippen molar-refractivity contribution < 1.29 is 18.7 Å². The smallest absolute Gasteiger partial charge is 0.410 e. The zero-order chi connectivity index (χ0) is 16.8. The number of hydrogen-bond acceptors (Lipinski definition) is 3. The summed E-state index contributed by atoms with van der Waals surface area (Å²) >= 11 is 0. The van der Waals surface area contributed by atoms with Crippen LogP contribution in [0, 0.1) is 5.82 Å². The molecule has 0 bridgehead atoms. The monoisotopic (exact) mass is 327 g/mol. The third-order valence-electron chi connectivity index (χ3n) is 4.78. The molecule has 0 spiro atoms. The minimum Gasteiger partial charge on any atom is -0.497 e. The fourth-order valence-corrected chi connectivity index (χ4v) is 3.81. The number of methoxy groups -OCH3 is 1. The van der Waals surface area contributed by atoms with Gasteiger partial charge in [-0.2, -0.15) is 0 Å². The number of fused-ring (bicyclic) bond motifs is 3. The first-order valence-corrected chi connectivity index (χ1v) is 8.08. The molecule has 1 unspecified atom stereocenters. The van der Waals surface area contributed by atoms with Gasteiger partial charge in [0.2, 0.25) is 0 Å². The van der Waals surface area contributed by atoms with Gasteiger partial charge in [0.1, 0.15) is 11.6 Å². The molecule has 0 aromatic heterocycles. The van der Waals surface area contributed by atoms with E-state index in [9.17, 15) is 9.18 Å². The minimum atomic E-state index is -0.355. The molecule has 1 atom stereocenters. The van der Waals surface area contributed by atoms with Gasteiger partial charge in [-0.1, -0.05) is 6.07 Å². The van der Waals surface area contributed by atoms with E-state index in [0.717, 1.165) is 40.0 Å². The van der Waals surface area contributed by atoms with Gasteiger partial charge in [0.05, 0.1) is 19.8 Å². The van der Waals surface area contributed by atoms with E-state index in [1.165, 1.54) is 12.1 Å². The zero-order valence-corrected chi connectivity index (χ0v) is 13.6. The number of carbonyl (C=O) groups excluding carboxylic acids is 1. The number of hydrogen-bond donors (Lipinski definition) is 0. The van der Waals surface area contributed by atoms with E-state index in [1.807, 2.05) is 12.1 Å². The van der Waals surface area contributed by atoms with Crippen LogP contribution in [0.25, 0.3) is 11.1 Å². The second-order valence-corrected chi connectivity index (χ2v) is 6.02. The summed E-state index contributed by atoms with van der Waals surface area (Å²) in [6, 6.07) is 8.44. The van der Waals surface area contributed by atoms with Gasteiger partial charge in [0.15, 0.2) is 0 Å². The Morgan fingerprint density at radius 1 is 1.29 bits per heavy atom. The number of benzene rings is 2. The molecule has 0 N–H and O–H groups in total. The van der Waals surface area contributed by atoms with Crippen molar-refractivity contribution in [3.05, 3.63) is 52.8 Å². The van der Waals surface area contributed by atoms with Crippen LogP contribution >= 0.6 is 0 Å². The minimum absolute atomic E-state index is 0.292. The molecular weight excluding hydrogens is 309 g/mol. The van der Waals surface area contributed by atoms with Crippen molar-refractivity contribution in [3.63, 3.8) is 0 Å². The molecule has 1 aliphatic carbocycles.